The molecule has 18 heavy (non-hydrogen) atoms. The van der Waals surface area contributed by atoms with Crippen LogP contribution in [-0.4, -0.2) is 40.9 Å². The summed E-state index contributed by atoms with van der Waals surface area (Å²) in [5.74, 6) is 0.383. The van der Waals surface area contributed by atoms with Crippen LogP contribution in [-0.2, 0) is 6.18 Å². The summed E-state index contributed by atoms with van der Waals surface area (Å²) in [6.45, 7) is 2.81. The van der Waals surface area contributed by atoms with E-state index in [-0.39, 0.29) is 11.5 Å². The van der Waals surface area contributed by atoms with Crippen LogP contribution in [0.5, 0.6) is 0 Å². The lowest BCUT2D eigenvalue weighted by Gasteiger charge is -2.19. The highest BCUT2D eigenvalue weighted by molar-refractivity contribution is 7.98. The molecule has 0 saturated heterocycles. The highest BCUT2D eigenvalue weighted by Gasteiger charge is 2.33. The number of nitrogens with zero attached hydrogens (tertiary/aromatic N) is 1. The van der Waals surface area contributed by atoms with Crippen LogP contribution >= 0.6 is 11.8 Å². The van der Waals surface area contributed by atoms with E-state index in [2.05, 4.69) is 4.98 Å². The van der Waals surface area contributed by atoms with Gasteiger partial charge in [0.15, 0.2) is 0 Å². The van der Waals surface area contributed by atoms with Gasteiger partial charge in [0.2, 0.25) is 0 Å². The number of alkyl halides is 3. The van der Waals surface area contributed by atoms with Crippen molar-refractivity contribution in [1.29, 1.82) is 0 Å². The first-order chi connectivity index (χ1) is 8.40. The number of rotatable bonds is 5. The molecule has 1 amide bonds. The van der Waals surface area contributed by atoms with Gasteiger partial charge in [-0.25, -0.2) is 0 Å². The number of aromatic amines is 1. The number of hydrogen-bond donors (Lipinski definition) is 1. The van der Waals surface area contributed by atoms with E-state index in [1.807, 2.05) is 6.26 Å². The Kier molecular flexibility index (Phi) is 5.13. The van der Waals surface area contributed by atoms with Gasteiger partial charge in [-0.1, -0.05) is 0 Å². The average molecular weight is 280 g/mol. The third kappa shape index (κ3) is 3.69. The van der Waals surface area contributed by atoms with Crippen LogP contribution < -0.4 is 0 Å². The quantitative estimate of drug-likeness (QED) is 0.900. The smallest absolute Gasteiger partial charge is 0.357 e. The maximum atomic E-state index is 12.4. The minimum atomic E-state index is -4.45. The molecule has 7 heteroatoms. The first kappa shape index (κ1) is 14.9. The number of carbonyl (C=O) groups excluding carboxylic acids is 1. The van der Waals surface area contributed by atoms with Gasteiger partial charge in [0.25, 0.3) is 5.91 Å². The highest BCUT2D eigenvalue weighted by atomic mass is 32.2. The van der Waals surface area contributed by atoms with Crippen LogP contribution in [0.25, 0.3) is 0 Å². The maximum Gasteiger partial charge on any atom is 0.431 e. The molecule has 102 valence electrons. The minimum absolute atomic E-state index is 0.0466. The molecule has 1 rings (SSSR count). The SMILES string of the molecule is CCN(CCSC)C(=O)c1c[nH]c(C(F)(F)F)c1. The molecule has 1 aromatic rings. The van der Waals surface area contributed by atoms with Gasteiger partial charge in [-0.2, -0.15) is 24.9 Å². The number of nitrogens with one attached hydrogen (secondary N) is 1. The molecule has 3 nitrogen and oxygen atoms in total. The van der Waals surface area contributed by atoms with Crippen molar-refractivity contribution in [3.05, 3.63) is 23.5 Å². The predicted octanol–water partition coefficient (Wildman–Crippen LogP) is 2.86. The fourth-order valence-corrected chi connectivity index (χ4v) is 1.87. The number of halogens is 3. The van der Waals surface area contributed by atoms with Crippen LogP contribution in [0.4, 0.5) is 13.2 Å². The molecule has 0 spiro atoms. The second-order valence-corrected chi connectivity index (χ2v) is 4.66. The molecular weight excluding hydrogens is 265 g/mol. The molecule has 0 aliphatic rings. The van der Waals surface area contributed by atoms with E-state index in [4.69, 9.17) is 0 Å². The lowest BCUT2D eigenvalue weighted by Crippen LogP contribution is -2.32. The van der Waals surface area contributed by atoms with E-state index in [0.29, 0.717) is 13.1 Å². The van der Waals surface area contributed by atoms with Gasteiger partial charge in [0, 0.05) is 25.0 Å². The molecular formula is C11H15F3N2OS. The third-order valence-electron chi connectivity index (χ3n) is 2.47. The predicted molar refractivity (Wildman–Crippen MR) is 65.8 cm³/mol. The highest BCUT2D eigenvalue weighted by Crippen LogP contribution is 2.28. The lowest BCUT2D eigenvalue weighted by atomic mass is 10.2. The molecule has 0 unspecified atom stereocenters. The fourth-order valence-electron chi connectivity index (χ4n) is 1.47. The van der Waals surface area contributed by atoms with Gasteiger partial charge in [-0.05, 0) is 19.2 Å². The van der Waals surface area contributed by atoms with Crippen molar-refractivity contribution in [2.45, 2.75) is 13.1 Å². The lowest BCUT2D eigenvalue weighted by molar-refractivity contribution is -0.140. The molecule has 0 radical (unpaired) electrons. The molecule has 0 fully saturated rings. The van der Waals surface area contributed by atoms with Crippen molar-refractivity contribution in [2.24, 2.45) is 0 Å². The Hall–Kier alpha value is -1.11. The minimum Gasteiger partial charge on any atom is -0.357 e. The average Bonchev–Trinajstić information content (AvgIpc) is 2.78. The Morgan fingerprint density at radius 1 is 1.50 bits per heavy atom. The first-order valence-corrected chi connectivity index (χ1v) is 6.83. The summed E-state index contributed by atoms with van der Waals surface area (Å²) in [5.41, 5.74) is -0.850. The molecule has 0 aliphatic carbocycles. The summed E-state index contributed by atoms with van der Waals surface area (Å²) >= 11 is 1.59. The van der Waals surface area contributed by atoms with Crippen molar-refractivity contribution < 1.29 is 18.0 Å². The van der Waals surface area contributed by atoms with Gasteiger partial charge in [0.1, 0.15) is 5.69 Å². The number of amides is 1. The molecule has 0 saturated carbocycles. The number of aromatic nitrogens is 1. The standard InChI is InChI=1S/C11H15F3N2OS/c1-3-16(4-5-18-2)10(17)8-6-9(15-7-8)11(12,13)14/h6-7,15H,3-5H2,1-2H3. The first-order valence-electron chi connectivity index (χ1n) is 5.44. The number of H-pyrrole nitrogens is 1. The zero-order chi connectivity index (χ0) is 13.8. The van der Waals surface area contributed by atoms with Crippen molar-refractivity contribution >= 4 is 17.7 Å². The molecule has 1 aromatic heterocycles. The van der Waals surface area contributed by atoms with E-state index >= 15 is 0 Å². The van der Waals surface area contributed by atoms with E-state index < -0.39 is 11.9 Å². The topological polar surface area (TPSA) is 36.1 Å². The second kappa shape index (κ2) is 6.17. The van der Waals surface area contributed by atoms with E-state index in [1.165, 1.54) is 4.90 Å². The van der Waals surface area contributed by atoms with E-state index in [1.54, 1.807) is 18.7 Å². The monoisotopic (exact) mass is 280 g/mol. The number of carbonyl (C=O) groups is 1. The van der Waals surface area contributed by atoms with Crippen molar-refractivity contribution in [3.63, 3.8) is 0 Å². The molecule has 1 N–H and O–H groups in total. The zero-order valence-electron chi connectivity index (χ0n) is 10.2. The van der Waals surface area contributed by atoms with Crippen LogP contribution in [0.15, 0.2) is 12.3 Å². The summed E-state index contributed by atoms with van der Waals surface area (Å²) in [7, 11) is 0. The number of thioether (sulfide) groups is 1. The molecule has 0 atom stereocenters. The van der Waals surface area contributed by atoms with Gasteiger partial charge in [0.05, 0.1) is 5.56 Å². The molecule has 0 aromatic carbocycles. The maximum absolute atomic E-state index is 12.4. The summed E-state index contributed by atoms with van der Waals surface area (Å²) in [6.07, 6.45) is -1.43. The summed E-state index contributed by atoms with van der Waals surface area (Å²) in [6, 6.07) is 0.851. The van der Waals surface area contributed by atoms with Crippen LogP contribution in [0.2, 0.25) is 0 Å². The molecule has 0 bridgehead atoms. The number of hydrogen-bond acceptors (Lipinski definition) is 2. The molecule has 0 aliphatic heterocycles. The molecule has 1 heterocycles. The van der Waals surface area contributed by atoms with Crippen LogP contribution in [0.1, 0.15) is 23.0 Å². The third-order valence-corrected chi connectivity index (χ3v) is 3.06. The van der Waals surface area contributed by atoms with Crippen molar-refractivity contribution in [2.75, 3.05) is 25.1 Å². The Balaban J connectivity index is 2.79. The Bertz CT molecular complexity index is 403. The normalized spacial score (nSPS) is 11.6. The van der Waals surface area contributed by atoms with Crippen molar-refractivity contribution in [1.82, 2.24) is 9.88 Å². The summed E-state index contributed by atoms with van der Waals surface area (Å²) < 4.78 is 37.2. The second-order valence-electron chi connectivity index (χ2n) is 3.68. The van der Waals surface area contributed by atoms with E-state index in [9.17, 15) is 18.0 Å². The zero-order valence-corrected chi connectivity index (χ0v) is 11.0. The summed E-state index contributed by atoms with van der Waals surface area (Å²) in [5, 5.41) is 0. The Labute approximate surface area is 108 Å². The van der Waals surface area contributed by atoms with E-state index in [0.717, 1.165) is 18.0 Å². The van der Waals surface area contributed by atoms with Crippen molar-refractivity contribution in [3.8, 4) is 0 Å². The van der Waals surface area contributed by atoms with Gasteiger partial charge in [-0.15, -0.1) is 0 Å². The Morgan fingerprint density at radius 2 is 2.17 bits per heavy atom. The van der Waals surface area contributed by atoms with Gasteiger partial charge >= 0.3 is 6.18 Å². The largest absolute Gasteiger partial charge is 0.431 e. The Morgan fingerprint density at radius 3 is 2.61 bits per heavy atom. The summed E-state index contributed by atoms with van der Waals surface area (Å²) in [4.78, 5) is 15.6. The van der Waals surface area contributed by atoms with Crippen LogP contribution in [0, 0.1) is 0 Å². The van der Waals surface area contributed by atoms with Gasteiger partial charge in [-0.3, -0.25) is 4.79 Å². The van der Waals surface area contributed by atoms with Crippen LogP contribution in [0.3, 0.4) is 0 Å². The fraction of sp³-hybridized carbons (Fsp3) is 0.545. The van der Waals surface area contributed by atoms with Gasteiger partial charge < -0.3 is 9.88 Å².